The molecular weight excluding hydrogens is 84.9 g/mol. The molecule has 7 heavy (non-hydrogen) atoms. The molecule has 0 spiro atoms. The van der Waals surface area contributed by atoms with Gasteiger partial charge in [-0.05, 0) is 18.3 Å². The van der Waals surface area contributed by atoms with Crippen LogP contribution in [0.15, 0.2) is 0 Å². The number of nitrogens with two attached hydrogens (primary N) is 1. The smallest absolute Gasteiger partial charge is 0.0903 e. The highest BCUT2D eigenvalue weighted by atomic mass is 14.6. The van der Waals surface area contributed by atoms with E-state index in [0.717, 1.165) is 6.42 Å². The van der Waals surface area contributed by atoms with Crippen molar-refractivity contribution >= 4 is 7.85 Å². The molecule has 2 N–H and O–H groups in total. The molecular formula is C5H12BN. The molecule has 0 aromatic rings. The summed E-state index contributed by atoms with van der Waals surface area (Å²) in [6.45, 7) is 4.21. The summed E-state index contributed by atoms with van der Waals surface area (Å²) in [5, 5.41) is 0. The lowest BCUT2D eigenvalue weighted by Crippen LogP contribution is -2.21. The third-order valence-corrected chi connectivity index (χ3v) is 0.744. The summed E-state index contributed by atoms with van der Waals surface area (Å²) in [5.74, 6) is 0.500. The zero-order valence-electron chi connectivity index (χ0n) is 5.02. The lowest BCUT2D eigenvalue weighted by atomic mass is 9.89. The van der Waals surface area contributed by atoms with Crippen molar-refractivity contribution in [3.05, 3.63) is 0 Å². The summed E-state index contributed by atoms with van der Waals surface area (Å²) in [5.41, 5.74) is 5.27. The number of hydrogen-bond acceptors (Lipinski definition) is 1. The fourth-order valence-corrected chi connectivity index (χ4v) is 0.544. The van der Waals surface area contributed by atoms with Crippen LogP contribution in [0.4, 0.5) is 0 Å². The SMILES string of the molecule is [B]C(N)CC(C)C. The van der Waals surface area contributed by atoms with Crippen LogP contribution < -0.4 is 5.73 Å². The average molecular weight is 97.0 g/mol. The van der Waals surface area contributed by atoms with E-state index < -0.39 is 0 Å². The maximum absolute atomic E-state index is 5.27. The van der Waals surface area contributed by atoms with E-state index in [-0.39, 0.29) is 5.94 Å². The summed E-state index contributed by atoms with van der Waals surface area (Å²) >= 11 is 0. The molecule has 0 saturated heterocycles. The van der Waals surface area contributed by atoms with E-state index in [9.17, 15) is 0 Å². The fraction of sp³-hybridized carbons (Fsp3) is 1.00. The molecule has 0 aliphatic heterocycles. The molecule has 0 heterocycles. The molecule has 0 aromatic heterocycles. The van der Waals surface area contributed by atoms with Gasteiger partial charge in [0.15, 0.2) is 0 Å². The maximum atomic E-state index is 5.27. The predicted octanol–water partition coefficient (Wildman–Crippen LogP) is 0.486. The van der Waals surface area contributed by atoms with Crippen LogP contribution in [0.5, 0.6) is 0 Å². The largest absolute Gasteiger partial charge is 0.336 e. The highest BCUT2D eigenvalue weighted by Gasteiger charge is 1.95. The van der Waals surface area contributed by atoms with Gasteiger partial charge in [0.05, 0.1) is 7.85 Å². The minimum atomic E-state index is -0.125. The predicted molar refractivity (Wildman–Crippen MR) is 33.2 cm³/mol. The minimum absolute atomic E-state index is 0.125. The first-order chi connectivity index (χ1) is 3.13. The van der Waals surface area contributed by atoms with Gasteiger partial charge < -0.3 is 5.73 Å². The molecule has 1 unspecified atom stereocenters. The molecule has 0 amide bonds. The third-order valence-electron chi connectivity index (χ3n) is 0.744. The topological polar surface area (TPSA) is 26.0 Å². The van der Waals surface area contributed by atoms with Gasteiger partial charge in [-0.15, -0.1) is 0 Å². The molecule has 0 aromatic carbocycles. The fourth-order valence-electron chi connectivity index (χ4n) is 0.544. The Labute approximate surface area is 46.7 Å². The second kappa shape index (κ2) is 3.08. The van der Waals surface area contributed by atoms with Crippen molar-refractivity contribution in [3.63, 3.8) is 0 Å². The van der Waals surface area contributed by atoms with Crippen LogP contribution >= 0.6 is 0 Å². The van der Waals surface area contributed by atoms with Crippen LogP contribution in [0.25, 0.3) is 0 Å². The van der Waals surface area contributed by atoms with Gasteiger partial charge in [0, 0.05) is 0 Å². The van der Waals surface area contributed by atoms with E-state index in [4.69, 9.17) is 13.6 Å². The normalized spacial score (nSPS) is 14.9. The molecule has 0 rings (SSSR count). The van der Waals surface area contributed by atoms with Crippen molar-refractivity contribution in [2.24, 2.45) is 11.7 Å². The van der Waals surface area contributed by atoms with Crippen molar-refractivity contribution in [1.82, 2.24) is 0 Å². The first kappa shape index (κ1) is 7.02. The van der Waals surface area contributed by atoms with E-state index in [0.29, 0.717) is 5.92 Å². The van der Waals surface area contributed by atoms with Crippen molar-refractivity contribution < 1.29 is 0 Å². The Morgan fingerprint density at radius 3 is 2.00 bits per heavy atom. The van der Waals surface area contributed by atoms with Crippen LogP contribution in [0.3, 0.4) is 0 Å². The van der Waals surface area contributed by atoms with Crippen molar-refractivity contribution in [2.75, 3.05) is 0 Å². The van der Waals surface area contributed by atoms with Gasteiger partial charge in [0.2, 0.25) is 0 Å². The number of rotatable bonds is 2. The quantitative estimate of drug-likeness (QED) is 0.498. The minimum Gasteiger partial charge on any atom is -0.336 e. The van der Waals surface area contributed by atoms with Crippen LogP contribution in [0.1, 0.15) is 20.3 Å². The second-order valence-corrected chi connectivity index (χ2v) is 2.29. The summed E-state index contributed by atoms with van der Waals surface area (Å²) in [4.78, 5) is 0. The Hall–Kier alpha value is 0.0249. The van der Waals surface area contributed by atoms with Gasteiger partial charge >= 0.3 is 0 Å². The molecule has 0 saturated carbocycles. The highest BCUT2D eigenvalue weighted by Crippen LogP contribution is 1.98. The molecule has 2 radical (unpaired) electrons. The maximum Gasteiger partial charge on any atom is 0.0903 e. The van der Waals surface area contributed by atoms with Gasteiger partial charge in [-0.25, -0.2) is 0 Å². The number of hydrogen-bond donors (Lipinski definition) is 1. The molecule has 0 bridgehead atoms. The Morgan fingerprint density at radius 2 is 2.00 bits per heavy atom. The van der Waals surface area contributed by atoms with Crippen LogP contribution in [0, 0.1) is 5.92 Å². The van der Waals surface area contributed by atoms with E-state index >= 15 is 0 Å². The van der Waals surface area contributed by atoms with Gasteiger partial charge in [-0.1, -0.05) is 13.8 Å². The zero-order valence-corrected chi connectivity index (χ0v) is 5.02. The lowest BCUT2D eigenvalue weighted by molar-refractivity contribution is 0.571. The van der Waals surface area contributed by atoms with Gasteiger partial charge in [-0.2, -0.15) is 0 Å². The van der Waals surface area contributed by atoms with Crippen LogP contribution in [-0.4, -0.2) is 13.8 Å². The molecule has 0 fully saturated rings. The molecule has 0 aliphatic carbocycles. The standard InChI is InChI=1S/C5H12BN/c1-4(2)3-5(6)7/h4-5H,3,7H2,1-2H3. The van der Waals surface area contributed by atoms with E-state index in [1.165, 1.54) is 0 Å². The molecule has 40 valence electrons. The van der Waals surface area contributed by atoms with Gasteiger partial charge in [0.25, 0.3) is 0 Å². The average Bonchev–Trinajstić information content (AvgIpc) is 1.27. The zero-order chi connectivity index (χ0) is 5.86. The summed E-state index contributed by atoms with van der Waals surface area (Å²) < 4.78 is 0. The Morgan fingerprint density at radius 1 is 1.57 bits per heavy atom. The highest BCUT2D eigenvalue weighted by molar-refractivity contribution is 6.11. The first-order valence-electron chi connectivity index (χ1n) is 2.64. The Bertz CT molecular complexity index is 37.3. The third kappa shape index (κ3) is 6.02. The van der Waals surface area contributed by atoms with E-state index in [1.54, 1.807) is 0 Å². The molecule has 2 heteroatoms. The summed E-state index contributed by atoms with van der Waals surface area (Å²) in [6.07, 6.45) is 0.917. The summed E-state index contributed by atoms with van der Waals surface area (Å²) in [7, 11) is 5.27. The van der Waals surface area contributed by atoms with Crippen molar-refractivity contribution in [1.29, 1.82) is 0 Å². The Kier molecular flexibility index (Phi) is 3.09. The first-order valence-corrected chi connectivity index (χ1v) is 2.64. The van der Waals surface area contributed by atoms with Gasteiger partial charge in [-0.3, -0.25) is 0 Å². The van der Waals surface area contributed by atoms with Crippen LogP contribution in [-0.2, 0) is 0 Å². The van der Waals surface area contributed by atoms with Crippen molar-refractivity contribution in [2.45, 2.75) is 26.2 Å². The van der Waals surface area contributed by atoms with Crippen LogP contribution in [0.2, 0.25) is 0 Å². The Balaban J connectivity index is 2.95. The second-order valence-electron chi connectivity index (χ2n) is 2.29. The molecule has 0 aliphatic rings. The van der Waals surface area contributed by atoms with Gasteiger partial charge in [0.1, 0.15) is 0 Å². The summed E-state index contributed by atoms with van der Waals surface area (Å²) in [6, 6.07) is 0. The molecule has 1 atom stereocenters. The molecule has 1 nitrogen and oxygen atoms in total. The monoisotopic (exact) mass is 97.1 g/mol. The lowest BCUT2D eigenvalue weighted by Gasteiger charge is -2.06. The van der Waals surface area contributed by atoms with E-state index in [1.807, 2.05) is 0 Å². The van der Waals surface area contributed by atoms with E-state index in [2.05, 4.69) is 13.8 Å². The van der Waals surface area contributed by atoms with Crippen molar-refractivity contribution in [3.8, 4) is 0 Å².